The highest BCUT2D eigenvalue weighted by Crippen LogP contribution is 2.17. The first-order valence-corrected chi connectivity index (χ1v) is 3.56. The van der Waals surface area contributed by atoms with E-state index in [0.29, 0.717) is 15.1 Å². The Hall–Kier alpha value is -0.520. The van der Waals surface area contributed by atoms with Crippen LogP contribution in [0.15, 0.2) is 34.3 Å². The molecule has 0 aliphatic carbocycles. The van der Waals surface area contributed by atoms with Crippen LogP contribution in [0.25, 0.3) is 0 Å². The van der Waals surface area contributed by atoms with Gasteiger partial charge in [0, 0.05) is 9.51 Å². The molecule has 0 fully saturated rings. The van der Waals surface area contributed by atoms with Crippen molar-refractivity contribution in [2.45, 2.75) is 0 Å². The van der Waals surface area contributed by atoms with Crippen molar-refractivity contribution in [3.8, 4) is 6.07 Å². The van der Waals surface area contributed by atoms with Crippen LogP contribution in [0.1, 0.15) is 0 Å². The minimum atomic E-state index is 0.335. The van der Waals surface area contributed by atoms with Gasteiger partial charge in [-0.2, -0.15) is 5.26 Å². The molecule has 10 heavy (non-hydrogen) atoms. The maximum Gasteiger partial charge on any atom is 0.0997 e. The summed E-state index contributed by atoms with van der Waals surface area (Å²) in [5.41, 5.74) is 0.335. The molecule has 0 unspecified atom stereocenters. The van der Waals surface area contributed by atoms with Crippen molar-refractivity contribution in [3.05, 3.63) is 34.3 Å². The highest BCUT2D eigenvalue weighted by molar-refractivity contribution is 9.12. The molecule has 0 heterocycles. The largest absolute Gasteiger partial charge is 0.192 e. The van der Waals surface area contributed by atoms with Crippen LogP contribution in [0.2, 0.25) is 0 Å². The van der Waals surface area contributed by atoms with E-state index in [4.69, 9.17) is 16.9 Å². The summed E-state index contributed by atoms with van der Waals surface area (Å²) in [5, 5.41) is 8.69. The van der Waals surface area contributed by atoms with Gasteiger partial charge < -0.3 is 0 Å². The van der Waals surface area contributed by atoms with Gasteiger partial charge >= 0.3 is 0 Å². The third-order valence-electron chi connectivity index (χ3n) is 0.707. The van der Waals surface area contributed by atoms with E-state index in [1.807, 2.05) is 6.07 Å². The fourth-order valence-corrected chi connectivity index (χ4v) is 0.884. The van der Waals surface area contributed by atoms with Crippen molar-refractivity contribution in [1.82, 2.24) is 0 Å². The lowest BCUT2D eigenvalue weighted by Crippen LogP contribution is -1.73. The summed E-state index contributed by atoms with van der Waals surface area (Å²) in [4.78, 5) is 0. The molecule has 3 heteroatoms. The van der Waals surface area contributed by atoms with Gasteiger partial charge in [0.1, 0.15) is 0 Å². The van der Waals surface area contributed by atoms with E-state index in [1.54, 1.807) is 0 Å². The number of allylic oxidation sites excluding steroid dienone is 4. The number of nitriles is 1. The van der Waals surface area contributed by atoms with Gasteiger partial charge in [-0.3, -0.25) is 0 Å². The van der Waals surface area contributed by atoms with Gasteiger partial charge in [0.05, 0.1) is 11.6 Å². The highest BCUT2D eigenvalue weighted by Gasteiger charge is 1.95. The molecule has 0 N–H and O–H groups in total. The van der Waals surface area contributed by atoms with Gasteiger partial charge in [-0.15, -0.1) is 0 Å². The predicted molar refractivity (Wildman–Crippen MR) is 46.8 cm³/mol. The molecule has 0 saturated carbocycles. The molecule has 0 amide bonds. The molecule has 0 aromatic rings. The Balaban J connectivity index is 4.38. The summed E-state index contributed by atoms with van der Waals surface area (Å²) >= 11 is 8.52. The van der Waals surface area contributed by atoms with Crippen LogP contribution in [0.5, 0.6) is 0 Å². The number of hydrogen-bond acceptors (Lipinski definition) is 1. The van der Waals surface area contributed by atoms with Crippen molar-refractivity contribution in [2.24, 2.45) is 0 Å². The smallest absolute Gasteiger partial charge is 0.0997 e. The molecule has 0 radical (unpaired) electrons. The lowest BCUT2D eigenvalue weighted by molar-refractivity contribution is 1.50. The molecule has 0 aliphatic heterocycles. The molecular formula is C7H5BrClN. The standard InChI is InChI=1S/C7H5BrClN/c1-5(4-10)7(8)3-6(2)9/h3H,1-2H2/b7-3+. The van der Waals surface area contributed by atoms with Crippen LogP contribution in [0.3, 0.4) is 0 Å². The van der Waals surface area contributed by atoms with E-state index in [2.05, 4.69) is 29.1 Å². The Bertz CT molecular complexity index is 234. The molecule has 0 bridgehead atoms. The lowest BCUT2D eigenvalue weighted by Gasteiger charge is -1.90. The Morgan fingerprint density at radius 2 is 2.10 bits per heavy atom. The second kappa shape index (κ2) is 4.32. The molecule has 0 spiro atoms. The predicted octanol–water partition coefficient (Wildman–Crippen LogP) is 3.10. The summed E-state index contributed by atoms with van der Waals surface area (Å²) in [6, 6.07) is 1.86. The average molecular weight is 218 g/mol. The number of hydrogen-bond donors (Lipinski definition) is 0. The lowest BCUT2D eigenvalue weighted by atomic mass is 10.3. The van der Waals surface area contributed by atoms with Crippen LogP contribution in [-0.2, 0) is 0 Å². The summed E-state index contributed by atoms with van der Waals surface area (Å²) in [6.07, 6.45) is 1.52. The van der Waals surface area contributed by atoms with E-state index in [1.165, 1.54) is 6.08 Å². The molecule has 1 nitrogen and oxygen atoms in total. The second-order valence-electron chi connectivity index (χ2n) is 1.53. The minimum Gasteiger partial charge on any atom is -0.192 e. The van der Waals surface area contributed by atoms with Crippen LogP contribution >= 0.6 is 27.5 Å². The highest BCUT2D eigenvalue weighted by atomic mass is 79.9. The maximum absolute atomic E-state index is 8.32. The van der Waals surface area contributed by atoms with E-state index >= 15 is 0 Å². The Labute approximate surface area is 73.4 Å². The van der Waals surface area contributed by atoms with Crippen LogP contribution in [-0.4, -0.2) is 0 Å². The van der Waals surface area contributed by atoms with E-state index in [-0.39, 0.29) is 0 Å². The van der Waals surface area contributed by atoms with E-state index in [0.717, 1.165) is 0 Å². The number of halogens is 2. The van der Waals surface area contributed by atoms with E-state index < -0.39 is 0 Å². The van der Waals surface area contributed by atoms with Crippen LogP contribution in [0, 0.1) is 11.3 Å². The molecule has 52 valence electrons. The first-order valence-electron chi connectivity index (χ1n) is 2.39. The zero-order valence-electron chi connectivity index (χ0n) is 5.19. The fourth-order valence-electron chi connectivity index (χ4n) is 0.278. The van der Waals surface area contributed by atoms with Gasteiger partial charge in [0.15, 0.2) is 0 Å². The Morgan fingerprint density at radius 1 is 1.60 bits per heavy atom. The summed E-state index contributed by atoms with van der Waals surface area (Å²) in [5.74, 6) is 0. The monoisotopic (exact) mass is 217 g/mol. The fraction of sp³-hybridized carbons (Fsp3) is 0. The van der Waals surface area contributed by atoms with Gasteiger partial charge in [-0.25, -0.2) is 0 Å². The van der Waals surface area contributed by atoms with Gasteiger partial charge in [0.25, 0.3) is 0 Å². The zero-order chi connectivity index (χ0) is 8.15. The van der Waals surface area contributed by atoms with Gasteiger partial charge in [-0.05, 0) is 22.0 Å². The summed E-state index contributed by atoms with van der Waals surface area (Å²) < 4.78 is 0.565. The summed E-state index contributed by atoms with van der Waals surface area (Å²) in [7, 11) is 0. The molecule has 0 aromatic heterocycles. The molecule has 0 atom stereocenters. The molecule has 0 saturated heterocycles. The maximum atomic E-state index is 8.32. The molecule has 0 aliphatic rings. The van der Waals surface area contributed by atoms with E-state index in [9.17, 15) is 0 Å². The number of nitrogens with zero attached hydrogens (tertiary/aromatic N) is 1. The van der Waals surface area contributed by atoms with Crippen molar-refractivity contribution in [1.29, 1.82) is 5.26 Å². The SMILES string of the molecule is C=C(Cl)/C=C(/Br)C(=C)C#N. The molecule has 0 aromatic carbocycles. The first-order chi connectivity index (χ1) is 4.57. The summed E-state index contributed by atoms with van der Waals surface area (Å²) in [6.45, 7) is 6.87. The first kappa shape index (κ1) is 9.48. The Kier molecular flexibility index (Phi) is 4.10. The Morgan fingerprint density at radius 3 is 2.40 bits per heavy atom. The minimum absolute atomic E-state index is 0.335. The van der Waals surface area contributed by atoms with Gasteiger partial charge in [-0.1, -0.05) is 24.8 Å². The molecular weight excluding hydrogens is 213 g/mol. The third-order valence-corrected chi connectivity index (χ3v) is 1.52. The van der Waals surface area contributed by atoms with Crippen molar-refractivity contribution in [2.75, 3.05) is 0 Å². The quantitative estimate of drug-likeness (QED) is 0.516. The van der Waals surface area contributed by atoms with Crippen molar-refractivity contribution in [3.63, 3.8) is 0 Å². The normalized spacial score (nSPS) is 10.3. The van der Waals surface area contributed by atoms with Crippen LogP contribution in [0.4, 0.5) is 0 Å². The number of rotatable bonds is 2. The second-order valence-corrected chi connectivity index (χ2v) is 2.87. The topological polar surface area (TPSA) is 23.8 Å². The van der Waals surface area contributed by atoms with Gasteiger partial charge in [0.2, 0.25) is 0 Å². The molecule has 0 rings (SSSR count). The zero-order valence-corrected chi connectivity index (χ0v) is 7.54. The van der Waals surface area contributed by atoms with Crippen LogP contribution < -0.4 is 0 Å². The average Bonchev–Trinajstić information content (AvgIpc) is 1.85. The van der Waals surface area contributed by atoms with Crippen molar-refractivity contribution < 1.29 is 0 Å². The van der Waals surface area contributed by atoms with Crippen molar-refractivity contribution >= 4 is 27.5 Å². The third kappa shape index (κ3) is 3.49.